The summed E-state index contributed by atoms with van der Waals surface area (Å²) in [6, 6.07) is 26.8. The van der Waals surface area contributed by atoms with Gasteiger partial charge in [-0.2, -0.15) is 0 Å². The number of carbonyl (C=O) groups is 2. The zero-order valence-electron chi connectivity index (χ0n) is 16.3. The van der Waals surface area contributed by atoms with Gasteiger partial charge in [0.2, 0.25) is 5.91 Å². The largest absolute Gasteiger partial charge is 0.483 e. The number of benzene rings is 3. The normalized spacial score (nSPS) is 11.3. The summed E-state index contributed by atoms with van der Waals surface area (Å²) >= 11 is 0. The Morgan fingerprint density at radius 3 is 2.14 bits per heavy atom. The van der Waals surface area contributed by atoms with Crippen molar-refractivity contribution in [1.29, 1.82) is 0 Å². The molecule has 0 fully saturated rings. The van der Waals surface area contributed by atoms with Gasteiger partial charge in [-0.3, -0.25) is 20.4 Å². The van der Waals surface area contributed by atoms with Crippen molar-refractivity contribution in [2.24, 2.45) is 0 Å². The van der Waals surface area contributed by atoms with Gasteiger partial charge in [-0.25, -0.2) is 0 Å². The van der Waals surface area contributed by atoms with E-state index in [0.29, 0.717) is 12.2 Å². The van der Waals surface area contributed by atoms with E-state index in [9.17, 15) is 9.59 Å². The van der Waals surface area contributed by atoms with Crippen molar-refractivity contribution in [3.05, 3.63) is 90.5 Å². The van der Waals surface area contributed by atoms with Crippen LogP contribution in [0.15, 0.2) is 84.9 Å². The molecule has 148 valence electrons. The third-order valence-corrected chi connectivity index (χ3v) is 4.58. The van der Waals surface area contributed by atoms with E-state index in [1.54, 1.807) is 0 Å². The summed E-state index contributed by atoms with van der Waals surface area (Å²) in [4.78, 5) is 24.6. The highest BCUT2D eigenvalue weighted by Gasteiger charge is 2.19. The molecule has 0 bridgehead atoms. The summed E-state index contributed by atoms with van der Waals surface area (Å²) in [6.07, 6.45) is 0.632. The number of hydrazine groups is 1. The van der Waals surface area contributed by atoms with Crippen LogP contribution in [0.25, 0.3) is 11.1 Å². The molecule has 1 unspecified atom stereocenters. The molecule has 29 heavy (non-hydrogen) atoms. The lowest BCUT2D eigenvalue weighted by molar-refractivity contribution is -0.130. The van der Waals surface area contributed by atoms with Gasteiger partial charge in [0, 0.05) is 5.56 Å². The fourth-order valence-corrected chi connectivity index (χ4v) is 3.10. The fourth-order valence-electron chi connectivity index (χ4n) is 3.10. The molecule has 0 saturated heterocycles. The lowest BCUT2D eigenvalue weighted by Crippen LogP contribution is -2.45. The first-order chi connectivity index (χ1) is 14.2. The third-order valence-electron chi connectivity index (χ3n) is 4.58. The molecule has 5 nitrogen and oxygen atoms in total. The van der Waals surface area contributed by atoms with E-state index < -0.39 is 5.91 Å². The Balaban J connectivity index is 1.55. The van der Waals surface area contributed by atoms with Crippen molar-refractivity contribution < 1.29 is 14.3 Å². The lowest BCUT2D eigenvalue weighted by Gasteiger charge is -2.16. The molecule has 2 N–H and O–H groups in total. The predicted molar refractivity (Wildman–Crippen MR) is 113 cm³/mol. The molecule has 1 atom stereocenters. The summed E-state index contributed by atoms with van der Waals surface area (Å²) in [5.74, 6) is -0.395. The molecule has 3 aromatic rings. The van der Waals surface area contributed by atoms with Crippen molar-refractivity contribution in [3.8, 4) is 16.9 Å². The van der Waals surface area contributed by atoms with Gasteiger partial charge in [0.1, 0.15) is 5.75 Å². The number of hydrogen-bond acceptors (Lipinski definition) is 3. The van der Waals surface area contributed by atoms with Crippen LogP contribution in [0.1, 0.15) is 24.8 Å². The maximum absolute atomic E-state index is 12.4. The second kappa shape index (κ2) is 10.1. The Kier molecular flexibility index (Phi) is 7.00. The van der Waals surface area contributed by atoms with Crippen LogP contribution < -0.4 is 15.6 Å². The monoisotopic (exact) mass is 388 g/mol. The van der Waals surface area contributed by atoms with Crippen LogP contribution >= 0.6 is 0 Å². The quantitative estimate of drug-likeness (QED) is 0.600. The van der Waals surface area contributed by atoms with E-state index in [4.69, 9.17) is 4.74 Å². The highest BCUT2D eigenvalue weighted by Crippen LogP contribution is 2.29. The fraction of sp³-hybridized carbons (Fsp3) is 0.167. The molecule has 3 aromatic carbocycles. The SMILES string of the molecule is CCC(C(=O)NNC(=O)COc1ccccc1-c1ccccc1)c1ccccc1. The number of carbonyl (C=O) groups excluding carboxylic acids is 2. The van der Waals surface area contributed by atoms with E-state index in [1.165, 1.54) is 0 Å². The first-order valence-electron chi connectivity index (χ1n) is 9.60. The number of para-hydroxylation sites is 1. The van der Waals surface area contributed by atoms with Crippen LogP contribution in [0, 0.1) is 0 Å². The van der Waals surface area contributed by atoms with Crippen LogP contribution in [0.5, 0.6) is 5.75 Å². The third kappa shape index (κ3) is 5.45. The average molecular weight is 388 g/mol. The average Bonchev–Trinajstić information content (AvgIpc) is 2.78. The number of ether oxygens (including phenoxy) is 1. The van der Waals surface area contributed by atoms with Crippen LogP contribution in [0.3, 0.4) is 0 Å². The molecule has 0 aliphatic rings. The Bertz CT molecular complexity index is 943. The molecule has 0 saturated carbocycles. The minimum atomic E-state index is -0.427. The van der Waals surface area contributed by atoms with Gasteiger partial charge < -0.3 is 4.74 Å². The zero-order valence-corrected chi connectivity index (χ0v) is 16.3. The number of hydrogen-bond donors (Lipinski definition) is 2. The van der Waals surface area contributed by atoms with Crippen molar-refractivity contribution in [2.75, 3.05) is 6.61 Å². The van der Waals surface area contributed by atoms with E-state index in [1.807, 2.05) is 91.9 Å². The molecular weight excluding hydrogens is 364 g/mol. The van der Waals surface area contributed by atoms with Crippen LogP contribution in [0.2, 0.25) is 0 Å². The van der Waals surface area contributed by atoms with Gasteiger partial charge >= 0.3 is 0 Å². The maximum Gasteiger partial charge on any atom is 0.276 e. The van der Waals surface area contributed by atoms with Crippen molar-refractivity contribution in [2.45, 2.75) is 19.3 Å². The van der Waals surface area contributed by atoms with Gasteiger partial charge in [-0.05, 0) is 23.6 Å². The summed E-state index contributed by atoms with van der Waals surface area (Å²) in [5.41, 5.74) is 7.75. The molecule has 5 heteroatoms. The summed E-state index contributed by atoms with van der Waals surface area (Å²) < 4.78 is 5.69. The summed E-state index contributed by atoms with van der Waals surface area (Å²) in [7, 11) is 0. The molecule has 3 rings (SSSR count). The number of rotatable bonds is 7. The predicted octanol–water partition coefficient (Wildman–Crippen LogP) is 4.07. The van der Waals surface area contributed by atoms with Crippen LogP contribution in [-0.4, -0.2) is 18.4 Å². The molecule has 0 aliphatic heterocycles. The van der Waals surface area contributed by atoms with E-state index >= 15 is 0 Å². The van der Waals surface area contributed by atoms with Gasteiger partial charge in [-0.15, -0.1) is 0 Å². The highest BCUT2D eigenvalue weighted by atomic mass is 16.5. The lowest BCUT2D eigenvalue weighted by atomic mass is 9.96. The summed E-state index contributed by atoms with van der Waals surface area (Å²) in [6.45, 7) is 1.73. The van der Waals surface area contributed by atoms with Crippen molar-refractivity contribution in [1.82, 2.24) is 10.9 Å². The van der Waals surface area contributed by atoms with Gasteiger partial charge in [0.05, 0.1) is 5.92 Å². The Morgan fingerprint density at radius 1 is 0.828 bits per heavy atom. The molecular formula is C24H24N2O3. The Labute approximate surface area is 170 Å². The number of nitrogens with one attached hydrogen (secondary N) is 2. The first-order valence-corrected chi connectivity index (χ1v) is 9.60. The first kappa shape index (κ1) is 20.1. The van der Waals surface area contributed by atoms with Crippen LogP contribution in [0.4, 0.5) is 0 Å². The second-order valence-electron chi connectivity index (χ2n) is 6.56. The molecule has 0 spiro atoms. The molecule has 0 aliphatic carbocycles. The number of amides is 2. The second-order valence-corrected chi connectivity index (χ2v) is 6.56. The van der Waals surface area contributed by atoms with Crippen molar-refractivity contribution >= 4 is 11.8 Å². The smallest absolute Gasteiger partial charge is 0.276 e. The minimum Gasteiger partial charge on any atom is -0.483 e. The van der Waals surface area contributed by atoms with Gasteiger partial charge in [0.15, 0.2) is 6.61 Å². The zero-order chi connectivity index (χ0) is 20.5. The van der Waals surface area contributed by atoms with E-state index in [-0.39, 0.29) is 18.4 Å². The van der Waals surface area contributed by atoms with E-state index in [0.717, 1.165) is 16.7 Å². The van der Waals surface area contributed by atoms with Gasteiger partial charge in [0.25, 0.3) is 5.91 Å². The molecule has 0 heterocycles. The van der Waals surface area contributed by atoms with Gasteiger partial charge in [-0.1, -0.05) is 85.8 Å². The molecule has 0 aromatic heterocycles. The minimum absolute atomic E-state index is 0.202. The standard InChI is InChI=1S/C24H24N2O3/c1-2-20(18-11-5-3-6-12-18)24(28)26-25-23(27)17-29-22-16-10-9-15-21(22)19-13-7-4-8-14-19/h3-16,20H,2,17H2,1H3,(H,25,27)(H,26,28). The van der Waals surface area contributed by atoms with Crippen molar-refractivity contribution in [3.63, 3.8) is 0 Å². The maximum atomic E-state index is 12.4. The summed E-state index contributed by atoms with van der Waals surface area (Å²) in [5, 5.41) is 0. The van der Waals surface area contributed by atoms with Crippen LogP contribution in [-0.2, 0) is 9.59 Å². The molecule has 2 amide bonds. The topological polar surface area (TPSA) is 67.4 Å². The molecule has 0 radical (unpaired) electrons. The Morgan fingerprint density at radius 2 is 1.45 bits per heavy atom. The van der Waals surface area contributed by atoms with E-state index in [2.05, 4.69) is 10.9 Å². The Hall–Kier alpha value is -3.60. The highest BCUT2D eigenvalue weighted by molar-refractivity contribution is 5.87.